The molecule has 2 rings (SSSR count). The lowest BCUT2D eigenvalue weighted by Gasteiger charge is -2.08. The van der Waals surface area contributed by atoms with Gasteiger partial charge >= 0.3 is 0 Å². The van der Waals surface area contributed by atoms with Crippen molar-refractivity contribution in [1.29, 1.82) is 0 Å². The topological polar surface area (TPSA) is 41.6 Å². The van der Waals surface area contributed by atoms with Crippen LogP contribution in [0.1, 0.15) is 12.0 Å². The Kier molecular flexibility index (Phi) is 2.97. The summed E-state index contributed by atoms with van der Waals surface area (Å²) in [4.78, 5) is 0. The SMILES string of the molecule is NC(=S)N1CCC(Cc2ccccc2)=N1. The molecule has 0 bridgehead atoms. The van der Waals surface area contributed by atoms with E-state index in [2.05, 4.69) is 17.2 Å². The minimum absolute atomic E-state index is 0.359. The van der Waals surface area contributed by atoms with Crippen LogP contribution in [0.4, 0.5) is 0 Å². The summed E-state index contributed by atoms with van der Waals surface area (Å²) in [5.41, 5.74) is 7.93. The first-order valence-electron chi connectivity index (χ1n) is 4.93. The Balaban J connectivity index is 2.03. The third-order valence-electron chi connectivity index (χ3n) is 2.38. The van der Waals surface area contributed by atoms with Crippen LogP contribution >= 0.6 is 12.2 Å². The maximum atomic E-state index is 5.50. The molecule has 1 aromatic carbocycles. The second kappa shape index (κ2) is 4.40. The molecule has 0 spiro atoms. The van der Waals surface area contributed by atoms with E-state index in [0.717, 1.165) is 25.1 Å². The first-order chi connectivity index (χ1) is 7.25. The fourth-order valence-corrected chi connectivity index (χ4v) is 1.75. The van der Waals surface area contributed by atoms with Crippen molar-refractivity contribution in [2.24, 2.45) is 10.8 Å². The van der Waals surface area contributed by atoms with Crippen LogP contribution in [0.5, 0.6) is 0 Å². The predicted octanol–water partition coefficient (Wildman–Crippen LogP) is 1.53. The molecule has 3 nitrogen and oxygen atoms in total. The fourth-order valence-electron chi connectivity index (χ4n) is 1.62. The molecular formula is C11H13N3S. The molecule has 1 heterocycles. The molecule has 1 aliphatic rings. The highest BCUT2D eigenvalue weighted by atomic mass is 32.1. The van der Waals surface area contributed by atoms with Gasteiger partial charge in [0.2, 0.25) is 0 Å². The van der Waals surface area contributed by atoms with Crippen molar-refractivity contribution in [3.05, 3.63) is 35.9 Å². The van der Waals surface area contributed by atoms with E-state index in [9.17, 15) is 0 Å². The average Bonchev–Trinajstić information content (AvgIpc) is 2.68. The van der Waals surface area contributed by atoms with Gasteiger partial charge in [0.15, 0.2) is 5.11 Å². The van der Waals surface area contributed by atoms with Crippen molar-refractivity contribution in [1.82, 2.24) is 5.01 Å². The molecule has 4 heteroatoms. The van der Waals surface area contributed by atoms with Gasteiger partial charge in [0.05, 0.1) is 0 Å². The van der Waals surface area contributed by atoms with Gasteiger partial charge in [-0.3, -0.25) is 0 Å². The number of hydrazone groups is 1. The van der Waals surface area contributed by atoms with Crippen LogP contribution < -0.4 is 5.73 Å². The van der Waals surface area contributed by atoms with E-state index in [1.807, 2.05) is 18.2 Å². The highest BCUT2D eigenvalue weighted by Gasteiger charge is 2.15. The lowest BCUT2D eigenvalue weighted by atomic mass is 10.1. The second-order valence-corrected chi connectivity index (χ2v) is 3.96. The maximum Gasteiger partial charge on any atom is 0.186 e. The highest BCUT2D eigenvalue weighted by Crippen LogP contribution is 2.10. The van der Waals surface area contributed by atoms with Crippen LogP contribution in [-0.4, -0.2) is 22.4 Å². The molecule has 78 valence electrons. The Bertz CT molecular complexity index is 386. The Hall–Kier alpha value is -1.42. The Morgan fingerprint density at radius 2 is 2.13 bits per heavy atom. The summed E-state index contributed by atoms with van der Waals surface area (Å²) >= 11 is 4.87. The van der Waals surface area contributed by atoms with E-state index in [1.54, 1.807) is 5.01 Å². The normalized spacial score (nSPS) is 15.2. The minimum Gasteiger partial charge on any atom is -0.375 e. The molecule has 0 atom stereocenters. The third kappa shape index (κ3) is 2.53. The summed E-state index contributed by atoms with van der Waals surface area (Å²) in [7, 11) is 0. The highest BCUT2D eigenvalue weighted by molar-refractivity contribution is 7.80. The van der Waals surface area contributed by atoms with Crippen LogP contribution in [0.3, 0.4) is 0 Å². The first kappa shape index (κ1) is 10.1. The number of hydrogen-bond donors (Lipinski definition) is 1. The van der Waals surface area contributed by atoms with E-state index >= 15 is 0 Å². The molecular weight excluding hydrogens is 206 g/mol. The van der Waals surface area contributed by atoms with Gasteiger partial charge in [0.1, 0.15) is 0 Å². The lowest BCUT2D eigenvalue weighted by molar-refractivity contribution is 0.495. The van der Waals surface area contributed by atoms with E-state index in [1.165, 1.54) is 5.56 Å². The van der Waals surface area contributed by atoms with Gasteiger partial charge in [-0.1, -0.05) is 30.3 Å². The molecule has 0 aromatic heterocycles. The molecule has 0 saturated heterocycles. The summed E-state index contributed by atoms with van der Waals surface area (Å²) in [6, 6.07) is 10.3. The Labute approximate surface area is 94.6 Å². The molecule has 0 aliphatic carbocycles. The zero-order valence-electron chi connectivity index (χ0n) is 8.39. The molecule has 0 fully saturated rings. The van der Waals surface area contributed by atoms with E-state index < -0.39 is 0 Å². The van der Waals surface area contributed by atoms with E-state index in [4.69, 9.17) is 18.0 Å². The summed E-state index contributed by atoms with van der Waals surface area (Å²) in [5, 5.41) is 6.41. The molecule has 15 heavy (non-hydrogen) atoms. The number of nitrogens with two attached hydrogens (primary N) is 1. The molecule has 0 unspecified atom stereocenters. The van der Waals surface area contributed by atoms with Gasteiger partial charge in [0, 0.05) is 25.1 Å². The van der Waals surface area contributed by atoms with Crippen LogP contribution in [-0.2, 0) is 6.42 Å². The molecule has 0 saturated carbocycles. The maximum absolute atomic E-state index is 5.50. The quantitative estimate of drug-likeness (QED) is 0.767. The fraction of sp³-hybridized carbons (Fsp3) is 0.273. The average molecular weight is 219 g/mol. The second-order valence-electron chi connectivity index (χ2n) is 3.54. The Morgan fingerprint density at radius 3 is 2.73 bits per heavy atom. The number of rotatable bonds is 2. The van der Waals surface area contributed by atoms with Crippen molar-refractivity contribution < 1.29 is 0 Å². The van der Waals surface area contributed by atoms with Crippen molar-refractivity contribution in [3.8, 4) is 0 Å². The van der Waals surface area contributed by atoms with Crippen LogP contribution in [0.2, 0.25) is 0 Å². The third-order valence-corrected chi connectivity index (χ3v) is 2.59. The van der Waals surface area contributed by atoms with Crippen molar-refractivity contribution in [2.45, 2.75) is 12.8 Å². The van der Waals surface area contributed by atoms with E-state index in [0.29, 0.717) is 5.11 Å². The lowest BCUT2D eigenvalue weighted by Crippen LogP contribution is -2.28. The summed E-state index contributed by atoms with van der Waals surface area (Å²) in [6.45, 7) is 0.817. The first-order valence-corrected chi connectivity index (χ1v) is 5.34. The van der Waals surface area contributed by atoms with Gasteiger partial charge < -0.3 is 5.73 Å². The number of nitrogens with zero attached hydrogens (tertiary/aromatic N) is 2. The number of hydrogen-bond acceptors (Lipinski definition) is 2. The minimum atomic E-state index is 0.359. The summed E-state index contributed by atoms with van der Waals surface area (Å²) in [5.74, 6) is 0. The van der Waals surface area contributed by atoms with Gasteiger partial charge in [-0.05, 0) is 17.8 Å². The van der Waals surface area contributed by atoms with Gasteiger partial charge in [0.25, 0.3) is 0 Å². The van der Waals surface area contributed by atoms with Crippen molar-refractivity contribution in [2.75, 3.05) is 6.54 Å². The number of benzene rings is 1. The zero-order chi connectivity index (χ0) is 10.7. The molecule has 1 aromatic rings. The van der Waals surface area contributed by atoms with Crippen molar-refractivity contribution in [3.63, 3.8) is 0 Å². The Morgan fingerprint density at radius 1 is 1.40 bits per heavy atom. The largest absolute Gasteiger partial charge is 0.375 e. The van der Waals surface area contributed by atoms with Crippen molar-refractivity contribution >= 4 is 23.0 Å². The smallest absolute Gasteiger partial charge is 0.186 e. The molecule has 0 radical (unpaired) electrons. The van der Waals surface area contributed by atoms with Crippen LogP contribution in [0.25, 0.3) is 0 Å². The molecule has 1 aliphatic heterocycles. The van der Waals surface area contributed by atoms with Gasteiger partial charge in [-0.25, -0.2) is 5.01 Å². The number of thiocarbonyl (C=S) groups is 1. The zero-order valence-corrected chi connectivity index (χ0v) is 9.20. The van der Waals surface area contributed by atoms with Gasteiger partial charge in [-0.15, -0.1) is 0 Å². The van der Waals surface area contributed by atoms with Crippen LogP contribution in [0.15, 0.2) is 35.4 Å². The van der Waals surface area contributed by atoms with E-state index in [-0.39, 0.29) is 0 Å². The summed E-state index contributed by atoms with van der Waals surface area (Å²) in [6.07, 6.45) is 1.84. The summed E-state index contributed by atoms with van der Waals surface area (Å²) < 4.78 is 0. The predicted molar refractivity (Wildman–Crippen MR) is 65.7 cm³/mol. The van der Waals surface area contributed by atoms with Crippen LogP contribution in [0, 0.1) is 0 Å². The van der Waals surface area contributed by atoms with Gasteiger partial charge in [-0.2, -0.15) is 5.10 Å². The molecule has 2 N–H and O–H groups in total. The standard InChI is InChI=1S/C11H13N3S/c12-11(15)14-7-6-10(13-14)8-9-4-2-1-3-5-9/h1-5H,6-8H2,(H2,12,15). The monoisotopic (exact) mass is 219 g/mol. The molecule has 0 amide bonds.